The summed E-state index contributed by atoms with van der Waals surface area (Å²) in [6.45, 7) is 6.87. The number of rotatable bonds is 5. The van der Waals surface area contributed by atoms with Gasteiger partial charge < -0.3 is 9.67 Å². The molecule has 0 bridgehead atoms. The second kappa shape index (κ2) is 7.70. The molecule has 1 atom stereocenters. The van der Waals surface area contributed by atoms with Gasteiger partial charge in [-0.15, -0.1) is 0 Å². The number of thiophene rings is 1. The Morgan fingerprint density at radius 1 is 1.04 bits per heavy atom. The van der Waals surface area contributed by atoms with Gasteiger partial charge in [0.15, 0.2) is 0 Å². The zero-order valence-electron chi connectivity index (χ0n) is 16.3. The Morgan fingerprint density at radius 3 is 2.50 bits per heavy atom. The molecule has 1 N–H and O–H groups in total. The van der Waals surface area contributed by atoms with Gasteiger partial charge in [-0.3, -0.25) is 4.98 Å². The lowest BCUT2D eigenvalue weighted by atomic mass is 10.0. The molecule has 0 aliphatic heterocycles. The maximum atomic E-state index is 10.8. The Hall–Kier alpha value is -2.76. The average molecular weight is 390 g/mol. The van der Waals surface area contributed by atoms with Crippen LogP contribution in [0.15, 0.2) is 59.8 Å². The fraction of sp³-hybridized carbons (Fsp3) is 0.217. The highest BCUT2D eigenvalue weighted by Gasteiger charge is 2.16. The molecular weight excluding hydrogens is 366 g/mol. The number of benzene rings is 1. The Balaban J connectivity index is 1.59. The number of hydrogen-bond donors (Lipinski definition) is 1. The van der Waals surface area contributed by atoms with Gasteiger partial charge in [-0.2, -0.15) is 11.3 Å². The van der Waals surface area contributed by atoms with Gasteiger partial charge in [-0.1, -0.05) is 35.9 Å². The quantitative estimate of drug-likeness (QED) is 0.519. The maximum Gasteiger partial charge on any atom is 0.121 e. The van der Waals surface area contributed by atoms with Gasteiger partial charge in [0.25, 0.3) is 0 Å². The summed E-state index contributed by atoms with van der Waals surface area (Å²) in [5.41, 5.74) is 8.55. The van der Waals surface area contributed by atoms with Gasteiger partial charge in [0.05, 0.1) is 30.5 Å². The van der Waals surface area contributed by atoms with Crippen LogP contribution in [-0.2, 0) is 6.54 Å². The van der Waals surface area contributed by atoms with Crippen LogP contribution in [0.25, 0.3) is 11.3 Å². The summed E-state index contributed by atoms with van der Waals surface area (Å²) in [5.74, 6) is 0. The summed E-state index contributed by atoms with van der Waals surface area (Å²) in [7, 11) is 0. The molecule has 28 heavy (non-hydrogen) atoms. The molecule has 4 aromatic rings. The van der Waals surface area contributed by atoms with E-state index in [0.29, 0.717) is 6.54 Å². The highest BCUT2D eigenvalue weighted by molar-refractivity contribution is 7.08. The molecule has 4 rings (SSSR count). The molecular formula is C23H23N3OS. The summed E-state index contributed by atoms with van der Waals surface area (Å²) >= 11 is 1.70. The minimum Gasteiger partial charge on any atom is -0.382 e. The second-order valence-electron chi connectivity index (χ2n) is 7.24. The standard InChI is InChI=1S/C23H23N3OS/c1-15-4-6-19(7-5-15)23(27)21-10-24-14-26(21)11-18-8-16(2)22(25-9-18)20-13-28-12-17(20)3/h4-10,12-14,23,27H,11H2,1-3H3. The van der Waals surface area contributed by atoms with Crippen molar-refractivity contribution in [2.24, 2.45) is 0 Å². The number of aromatic nitrogens is 3. The minimum absolute atomic E-state index is 0.620. The van der Waals surface area contributed by atoms with Crippen molar-refractivity contribution in [1.82, 2.24) is 14.5 Å². The van der Waals surface area contributed by atoms with Crippen LogP contribution in [-0.4, -0.2) is 19.6 Å². The lowest BCUT2D eigenvalue weighted by Gasteiger charge is -2.15. The van der Waals surface area contributed by atoms with Gasteiger partial charge in [0.1, 0.15) is 6.10 Å². The van der Waals surface area contributed by atoms with Crippen molar-refractivity contribution in [2.75, 3.05) is 0 Å². The van der Waals surface area contributed by atoms with Crippen LogP contribution in [0.3, 0.4) is 0 Å². The van der Waals surface area contributed by atoms with E-state index in [-0.39, 0.29) is 0 Å². The van der Waals surface area contributed by atoms with E-state index in [2.05, 4.69) is 35.7 Å². The van der Waals surface area contributed by atoms with Gasteiger partial charge in [-0.05, 0) is 48.4 Å². The fourth-order valence-corrected chi connectivity index (χ4v) is 4.24. The third kappa shape index (κ3) is 3.63. The Kier molecular flexibility index (Phi) is 5.11. The van der Waals surface area contributed by atoms with E-state index >= 15 is 0 Å². The number of nitrogens with zero attached hydrogens (tertiary/aromatic N) is 3. The van der Waals surface area contributed by atoms with E-state index in [1.807, 2.05) is 42.0 Å². The predicted molar refractivity (Wildman–Crippen MR) is 114 cm³/mol. The molecule has 5 heteroatoms. The lowest BCUT2D eigenvalue weighted by Crippen LogP contribution is -2.09. The zero-order valence-corrected chi connectivity index (χ0v) is 17.1. The van der Waals surface area contributed by atoms with Crippen molar-refractivity contribution in [2.45, 2.75) is 33.4 Å². The first-order valence-electron chi connectivity index (χ1n) is 9.26. The zero-order chi connectivity index (χ0) is 19.7. The molecule has 3 heterocycles. The normalized spacial score (nSPS) is 12.3. The highest BCUT2D eigenvalue weighted by atomic mass is 32.1. The van der Waals surface area contributed by atoms with Gasteiger partial charge in [-0.25, -0.2) is 4.98 Å². The van der Waals surface area contributed by atoms with Crippen LogP contribution < -0.4 is 0 Å². The molecule has 0 aliphatic rings. The summed E-state index contributed by atoms with van der Waals surface area (Å²) in [4.78, 5) is 8.97. The monoisotopic (exact) mass is 389 g/mol. The number of hydrogen-bond acceptors (Lipinski definition) is 4. The largest absolute Gasteiger partial charge is 0.382 e. The van der Waals surface area contributed by atoms with Crippen molar-refractivity contribution in [3.8, 4) is 11.3 Å². The predicted octanol–water partition coefficient (Wildman–Crippen LogP) is 5.06. The maximum absolute atomic E-state index is 10.8. The molecule has 0 saturated carbocycles. The molecule has 0 fully saturated rings. The van der Waals surface area contributed by atoms with Crippen LogP contribution in [0.2, 0.25) is 0 Å². The van der Waals surface area contributed by atoms with Crippen LogP contribution in [0, 0.1) is 20.8 Å². The van der Waals surface area contributed by atoms with E-state index < -0.39 is 6.10 Å². The van der Waals surface area contributed by atoms with Crippen LogP contribution in [0.1, 0.15) is 39.6 Å². The van der Waals surface area contributed by atoms with E-state index in [4.69, 9.17) is 4.98 Å². The average Bonchev–Trinajstić information content (AvgIpc) is 3.31. The molecule has 0 saturated heterocycles. The van der Waals surface area contributed by atoms with E-state index in [1.54, 1.807) is 23.9 Å². The third-order valence-electron chi connectivity index (χ3n) is 5.02. The Labute approximate surface area is 169 Å². The van der Waals surface area contributed by atoms with Crippen molar-refractivity contribution < 1.29 is 5.11 Å². The first kappa shape index (κ1) is 18.6. The topological polar surface area (TPSA) is 50.9 Å². The molecule has 4 nitrogen and oxygen atoms in total. The number of imidazole rings is 1. The smallest absolute Gasteiger partial charge is 0.121 e. The first-order chi connectivity index (χ1) is 13.5. The highest BCUT2D eigenvalue weighted by Crippen LogP contribution is 2.28. The van der Waals surface area contributed by atoms with Crippen LogP contribution >= 0.6 is 11.3 Å². The van der Waals surface area contributed by atoms with Gasteiger partial charge >= 0.3 is 0 Å². The van der Waals surface area contributed by atoms with Crippen molar-refractivity contribution in [1.29, 1.82) is 0 Å². The first-order valence-corrected chi connectivity index (χ1v) is 10.2. The summed E-state index contributed by atoms with van der Waals surface area (Å²) in [5, 5.41) is 15.1. The van der Waals surface area contributed by atoms with Crippen LogP contribution in [0.4, 0.5) is 0 Å². The molecule has 0 spiro atoms. The summed E-state index contributed by atoms with van der Waals surface area (Å²) < 4.78 is 1.98. The molecule has 0 amide bonds. The second-order valence-corrected chi connectivity index (χ2v) is 7.98. The van der Waals surface area contributed by atoms with E-state index in [9.17, 15) is 5.11 Å². The molecule has 1 unspecified atom stereocenters. The SMILES string of the molecule is Cc1ccc(C(O)c2cncn2Cc2cnc(-c3cscc3C)c(C)c2)cc1. The number of aliphatic hydroxyl groups excluding tert-OH is 1. The Bertz CT molecular complexity index is 1100. The van der Waals surface area contributed by atoms with Crippen molar-refractivity contribution >= 4 is 11.3 Å². The number of pyridine rings is 1. The van der Waals surface area contributed by atoms with Crippen molar-refractivity contribution in [3.05, 3.63) is 93.3 Å². The minimum atomic E-state index is -0.704. The third-order valence-corrected chi connectivity index (χ3v) is 5.88. The number of aryl methyl sites for hydroxylation is 3. The van der Waals surface area contributed by atoms with Crippen molar-refractivity contribution in [3.63, 3.8) is 0 Å². The molecule has 0 aliphatic carbocycles. The molecule has 1 aromatic carbocycles. The molecule has 3 aromatic heterocycles. The Morgan fingerprint density at radius 2 is 1.82 bits per heavy atom. The van der Waals surface area contributed by atoms with Crippen LogP contribution in [0.5, 0.6) is 0 Å². The van der Waals surface area contributed by atoms with Gasteiger partial charge in [0.2, 0.25) is 0 Å². The summed E-state index contributed by atoms with van der Waals surface area (Å²) in [6, 6.07) is 10.1. The van der Waals surface area contributed by atoms with E-state index in [0.717, 1.165) is 28.1 Å². The van der Waals surface area contributed by atoms with E-state index in [1.165, 1.54) is 16.7 Å². The fourth-order valence-electron chi connectivity index (χ4n) is 3.41. The molecule has 0 radical (unpaired) electrons. The molecule has 142 valence electrons. The lowest BCUT2D eigenvalue weighted by molar-refractivity contribution is 0.210. The number of aliphatic hydroxyl groups is 1. The summed E-state index contributed by atoms with van der Waals surface area (Å²) in [6.07, 6.45) is 4.71. The van der Waals surface area contributed by atoms with Gasteiger partial charge in [0, 0.05) is 17.1 Å².